The van der Waals surface area contributed by atoms with Gasteiger partial charge in [0, 0.05) is 43.7 Å². The van der Waals surface area contributed by atoms with Crippen molar-refractivity contribution in [3.8, 4) is 0 Å². The van der Waals surface area contributed by atoms with Crippen LogP contribution in [-0.2, 0) is 11.3 Å². The standard InChI is InChI=1S/C17H25N3O2/c1-11(2)6-14(18)17(22)19-8-12-7-13(10-19)15-4-3-5-16(21)20(15)9-12/h3-5,11-14H,6-10,18H2,1-2H3/p+1. The Balaban J connectivity index is 1.79. The van der Waals surface area contributed by atoms with Crippen LogP contribution >= 0.6 is 0 Å². The molecular weight excluding hydrogens is 278 g/mol. The summed E-state index contributed by atoms with van der Waals surface area (Å²) < 4.78 is 1.90. The van der Waals surface area contributed by atoms with Crippen molar-refractivity contribution in [1.82, 2.24) is 9.47 Å². The lowest BCUT2D eigenvalue weighted by atomic mass is 9.83. The fraction of sp³-hybridized carbons (Fsp3) is 0.647. The monoisotopic (exact) mass is 304 g/mol. The molecule has 0 saturated carbocycles. The lowest BCUT2D eigenvalue weighted by molar-refractivity contribution is -0.408. The van der Waals surface area contributed by atoms with Gasteiger partial charge in [-0.05, 0) is 24.3 Å². The van der Waals surface area contributed by atoms with E-state index in [1.807, 2.05) is 21.6 Å². The molecule has 1 aromatic rings. The summed E-state index contributed by atoms with van der Waals surface area (Å²) in [5, 5.41) is 0. The van der Waals surface area contributed by atoms with Crippen LogP contribution in [0.5, 0.6) is 0 Å². The number of rotatable bonds is 3. The first kappa shape index (κ1) is 15.3. The summed E-state index contributed by atoms with van der Waals surface area (Å²) in [6.07, 6.45) is 1.92. The van der Waals surface area contributed by atoms with Gasteiger partial charge in [0.05, 0.1) is 0 Å². The van der Waals surface area contributed by atoms with E-state index in [4.69, 9.17) is 0 Å². The predicted octanol–water partition coefficient (Wildman–Crippen LogP) is 0.451. The predicted molar refractivity (Wildman–Crippen MR) is 84.3 cm³/mol. The second-order valence-corrected chi connectivity index (χ2v) is 7.27. The molecule has 5 nitrogen and oxygen atoms in total. The zero-order valence-electron chi connectivity index (χ0n) is 13.5. The highest BCUT2D eigenvalue weighted by atomic mass is 16.2. The molecule has 120 valence electrons. The van der Waals surface area contributed by atoms with Crippen LogP contribution in [0.15, 0.2) is 23.0 Å². The van der Waals surface area contributed by atoms with E-state index in [1.54, 1.807) is 6.07 Å². The van der Waals surface area contributed by atoms with E-state index in [-0.39, 0.29) is 23.4 Å². The Morgan fingerprint density at radius 3 is 2.82 bits per heavy atom. The second kappa shape index (κ2) is 5.88. The number of pyridine rings is 1. The van der Waals surface area contributed by atoms with Crippen LogP contribution in [-0.4, -0.2) is 34.5 Å². The third kappa shape index (κ3) is 2.82. The van der Waals surface area contributed by atoms with Gasteiger partial charge >= 0.3 is 0 Å². The van der Waals surface area contributed by atoms with Crippen LogP contribution in [0.1, 0.15) is 38.3 Å². The van der Waals surface area contributed by atoms with Gasteiger partial charge in [-0.15, -0.1) is 0 Å². The molecule has 2 aliphatic heterocycles. The fourth-order valence-electron chi connectivity index (χ4n) is 4.00. The van der Waals surface area contributed by atoms with Gasteiger partial charge in [0.2, 0.25) is 0 Å². The number of carbonyl (C=O) groups excluding carboxylic acids is 1. The normalized spacial score (nSPS) is 25.0. The Kier molecular flexibility index (Phi) is 4.08. The largest absolute Gasteiger partial charge is 0.347 e. The zero-order valence-corrected chi connectivity index (χ0v) is 13.5. The molecule has 3 unspecified atom stereocenters. The first-order valence-corrected chi connectivity index (χ1v) is 8.27. The Labute approximate surface area is 131 Å². The number of hydrogen-bond acceptors (Lipinski definition) is 2. The number of nitrogens with zero attached hydrogens (tertiary/aromatic N) is 2. The molecule has 1 amide bonds. The smallest absolute Gasteiger partial charge is 0.280 e. The van der Waals surface area contributed by atoms with Crippen molar-refractivity contribution in [2.24, 2.45) is 11.8 Å². The summed E-state index contributed by atoms with van der Waals surface area (Å²) in [5.74, 6) is 1.34. The van der Waals surface area contributed by atoms with Gasteiger partial charge in [-0.3, -0.25) is 9.59 Å². The Morgan fingerprint density at radius 2 is 2.09 bits per heavy atom. The highest BCUT2D eigenvalue weighted by Gasteiger charge is 2.38. The van der Waals surface area contributed by atoms with Crippen molar-refractivity contribution in [2.75, 3.05) is 13.1 Å². The third-order valence-electron chi connectivity index (χ3n) is 4.90. The number of fused-ring (bicyclic) bond motifs is 4. The number of hydrogen-bond donors (Lipinski definition) is 1. The molecule has 5 heteroatoms. The van der Waals surface area contributed by atoms with Crippen molar-refractivity contribution in [3.05, 3.63) is 34.2 Å². The van der Waals surface area contributed by atoms with Crippen molar-refractivity contribution in [2.45, 2.75) is 45.2 Å². The quantitative estimate of drug-likeness (QED) is 0.881. The van der Waals surface area contributed by atoms with E-state index in [9.17, 15) is 9.59 Å². The van der Waals surface area contributed by atoms with E-state index in [0.29, 0.717) is 11.8 Å². The maximum atomic E-state index is 12.6. The average molecular weight is 304 g/mol. The molecule has 0 aliphatic carbocycles. The SMILES string of the molecule is CC(C)CC([NH3+])C(=O)N1CC2CC(C1)c1cccc(=O)n1C2. The van der Waals surface area contributed by atoms with E-state index in [1.165, 1.54) is 0 Å². The summed E-state index contributed by atoms with van der Waals surface area (Å²) >= 11 is 0. The van der Waals surface area contributed by atoms with Crippen LogP contribution in [0, 0.1) is 11.8 Å². The van der Waals surface area contributed by atoms with Crippen molar-refractivity contribution >= 4 is 5.91 Å². The fourth-order valence-corrected chi connectivity index (χ4v) is 4.00. The summed E-state index contributed by atoms with van der Waals surface area (Å²) in [5.41, 5.74) is 5.23. The lowest BCUT2D eigenvalue weighted by Crippen LogP contribution is -2.69. The van der Waals surface area contributed by atoms with E-state index in [2.05, 4.69) is 19.6 Å². The van der Waals surface area contributed by atoms with Crippen LogP contribution in [0.3, 0.4) is 0 Å². The number of carbonyl (C=O) groups is 1. The van der Waals surface area contributed by atoms with Crippen molar-refractivity contribution in [1.29, 1.82) is 0 Å². The van der Waals surface area contributed by atoms with Crippen molar-refractivity contribution in [3.63, 3.8) is 0 Å². The van der Waals surface area contributed by atoms with E-state index < -0.39 is 0 Å². The molecule has 0 spiro atoms. The lowest BCUT2D eigenvalue weighted by Gasteiger charge is -2.43. The number of aromatic nitrogens is 1. The maximum absolute atomic E-state index is 12.6. The van der Waals surface area contributed by atoms with Gasteiger partial charge in [0.1, 0.15) is 0 Å². The number of amides is 1. The molecular formula is C17H26N3O2+. The second-order valence-electron chi connectivity index (χ2n) is 7.27. The summed E-state index contributed by atoms with van der Waals surface area (Å²) in [4.78, 5) is 26.6. The number of piperidine rings is 1. The first-order chi connectivity index (χ1) is 10.5. The molecule has 2 bridgehead atoms. The van der Waals surface area contributed by atoms with Gasteiger partial charge < -0.3 is 15.2 Å². The first-order valence-electron chi connectivity index (χ1n) is 8.27. The third-order valence-corrected chi connectivity index (χ3v) is 4.90. The van der Waals surface area contributed by atoms with Gasteiger partial charge in [-0.1, -0.05) is 19.9 Å². The molecule has 1 aromatic heterocycles. The number of quaternary nitrogens is 1. The molecule has 1 fully saturated rings. The summed E-state index contributed by atoms with van der Waals surface area (Å²) in [6, 6.07) is 5.34. The minimum atomic E-state index is -0.156. The van der Waals surface area contributed by atoms with Crippen LogP contribution in [0.2, 0.25) is 0 Å². The molecule has 1 saturated heterocycles. The molecule has 3 atom stereocenters. The van der Waals surface area contributed by atoms with E-state index >= 15 is 0 Å². The van der Waals surface area contributed by atoms with Crippen LogP contribution < -0.4 is 11.3 Å². The van der Waals surface area contributed by atoms with E-state index in [0.717, 1.165) is 38.2 Å². The molecule has 22 heavy (non-hydrogen) atoms. The Bertz CT molecular complexity index is 623. The minimum Gasteiger partial charge on any atom is -0.347 e. The highest BCUT2D eigenvalue weighted by molar-refractivity contribution is 5.80. The molecule has 0 aromatic carbocycles. The highest BCUT2D eigenvalue weighted by Crippen LogP contribution is 2.35. The van der Waals surface area contributed by atoms with Gasteiger partial charge in [-0.2, -0.15) is 0 Å². The molecule has 3 rings (SSSR count). The summed E-state index contributed by atoms with van der Waals surface area (Å²) in [7, 11) is 0. The molecule has 3 heterocycles. The zero-order chi connectivity index (χ0) is 15.9. The van der Waals surface area contributed by atoms with Crippen LogP contribution in [0.4, 0.5) is 0 Å². The van der Waals surface area contributed by atoms with Crippen LogP contribution in [0.25, 0.3) is 0 Å². The Morgan fingerprint density at radius 1 is 1.32 bits per heavy atom. The van der Waals surface area contributed by atoms with Gasteiger partial charge in [0.15, 0.2) is 6.04 Å². The summed E-state index contributed by atoms with van der Waals surface area (Å²) in [6.45, 7) is 6.47. The Hall–Kier alpha value is -1.62. The topological polar surface area (TPSA) is 70.0 Å². The molecule has 0 radical (unpaired) electrons. The maximum Gasteiger partial charge on any atom is 0.280 e. The molecule has 2 aliphatic rings. The van der Waals surface area contributed by atoms with Crippen molar-refractivity contribution < 1.29 is 10.5 Å². The number of likely N-dealkylation sites (tertiary alicyclic amines) is 1. The minimum absolute atomic E-state index is 0.0850. The molecule has 3 N–H and O–H groups in total. The van der Waals surface area contributed by atoms with Gasteiger partial charge in [-0.25, -0.2) is 0 Å². The van der Waals surface area contributed by atoms with Gasteiger partial charge in [0.25, 0.3) is 11.5 Å². The average Bonchev–Trinajstić information content (AvgIpc) is 2.46.